The lowest BCUT2D eigenvalue weighted by atomic mass is 10.0. The van der Waals surface area contributed by atoms with Crippen molar-refractivity contribution in [1.29, 1.82) is 0 Å². The van der Waals surface area contributed by atoms with Crippen LogP contribution < -0.4 is 0 Å². The molecule has 6 nitrogen and oxygen atoms in total. The van der Waals surface area contributed by atoms with Crippen molar-refractivity contribution >= 4 is 17.9 Å². The van der Waals surface area contributed by atoms with Crippen LogP contribution in [-0.4, -0.2) is 37.2 Å². The Bertz CT molecular complexity index is 1370. The maximum atomic E-state index is 12.9. The molecule has 0 aliphatic carbocycles. The third-order valence-corrected chi connectivity index (χ3v) is 12.9. The molecule has 408 valence electrons. The van der Waals surface area contributed by atoms with Crippen LogP contribution in [0.5, 0.6) is 0 Å². The molecule has 0 aromatic heterocycles. The predicted octanol–water partition coefficient (Wildman–Crippen LogP) is 20.3. The van der Waals surface area contributed by atoms with Gasteiger partial charge in [-0.05, 0) is 89.9 Å². The zero-order chi connectivity index (χ0) is 51.4. The molecular weight excluding hydrogens is 877 g/mol. The van der Waals surface area contributed by atoms with Crippen molar-refractivity contribution in [3.05, 3.63) is 85.1 Å². The Balaban J connectivity index is 4.46. The van der Waals surface area contributed by atoms with E-state index in [2.05, 4.69) is 106 Å². The van der Waals surface area contributed by atoms with Gasteiger partial charge in [-0.15, -0.1) is 0 Å². The summed E-state index contributed by atoms with van der Waals surface area (Å²) >= 11 is 0. The second-order valence-electron chi connectivity index (χ2n) is 19.9. The summed E-state index contributed by atoms with van der Waals surface area (Å²) in [5, 5.41) is 0. The predicted molar refractivity (Wildman–Crippen MR) is 307 cm³/mol. The van der Waals surface area contributed by atoms with Crippen LogP contribution >= 0.6 is 0 Å². The molecule has 0 radical (unpaired) electrons. The number of allylic oxidation sites excluding steroid dienone is 14. The minimum atomic E-state index is -0.809. The highest BCUT2D eigenvalue weighted by Gasteiger charge is 2.19. The summed E-state index contributed by atoms with van der Waals surface area (Å²) in [5.74, 6) is -0.956. The van der Waals surface area contributed by atoms with Gasteiger partial charge in [0.2, 0.25) is 0 Å². The van der Waals surface area contributed by atoms with Gasteiger partial charge >= 0.3 is 17.9 Å². The third kappa shape index (κ3) is 57.4. The number of esters is 3. The molecule has 0 saturated carbocycles. The Labute approximate surface area is 439 Å². The lowest BCUT2D eigenvalue weighted by Gasteiger charge is -2.18. The quantitative estimate of drug-likeness (QED) is 0.0261. The Morgan fingerprint density at radius 3 is 0.901 bits per heavy atom. The molecule has 0 aliphatic heterocycles. The van der Waals surface area contributed by atoms with Crippen molar-refractivity contribution in [2.75, 3.05) is 13.2 Å². The summed E-state index contributed by atoms with van der Waals surface area (Å²) in [6.07, 6.45) is 77.2. The first kappa shape index (κ1) is 67.6. The van der Waals surface area contributed by atoms with Crippen molar-refractivity contribution < 1.29 is 28.6 Å². The van der Waals surface area contributed by atoms with Gasteiger partial charge in [0, 0.05) is 19.3 Å². The van der Waals surface area contributed by atoms with E-state index in [4.69, 9.17) is 14.2 Å². The standard InChI is InChI=1S/C65H112O6/c1-4-7-10-13-16-19-22-25-28-31-32-35-37-40-43-46-49-52-55-58-64(67)70-61-62(71-65(68)59-56-53-50-47-44-41-38-34-30-27-24-21-18-15-12-9-6-3)60-69-63(66)57-54-51-48-45-42-39-36-33-29-26-23-20-17-14-11-8-5-2/h7,10,16,19,25,27-28,30,32,35,38,41,47,50,62H,4-6,8-9,11-15,17-18,20-24,26,29,31,33-34,36-37,39-40,42-46,48-49,51-61H2,1-3H3/b10-7-,19-16-,28-25-,30-27-,35-32-,41-38-,50-47-. The van der Waals surface area contributed by atoms with Crippen LogP contribution in [0.25, 0.3) is 0 Å². The number of hydrogen-bond donors (Lipinski definition) is 0. The van der Waals surface area contributed by atoms with Crippen LogP contribution in [0.1, 0.15) is 290 Å². The summed E-state index contributed by atoms with van der Waals surface area (Å²) in [5.41, 5.74) is 0. The number of unbranched alkanes of at least 4 members (excludes halogenated alkanes) is 29. The van der Waals surface area contributed by atoms with E-state index in [1.165, 1.54) is 148 Å². The van der Waals surface area contributed by atoms with Crippen molar-refractivity contribution in [2.45, 2.75) is 297 Å². The molecule has 0 aliphatic rings. The third-order valence-electron chi connectivity index (χ3n) is 12.9. The molecule has 0 rings (SSSR count). The van der Waals surface area contributed by atoms with Crippen molar-refractivity contribution in [2.24, 2.45) is 0 Å². The molecule has 0 spiro atoms. The number of carbonyl (C=O) groups is 3. The van der Waals surface area contributed by atoms with Gasteiger partial charge in [-0.3, -0.25) is 14.4 Å². The number of carbonyl (C=O) groups excluding carboxylic acids is 3. The molecule has 0 fully saturated rings. The molecule has 0 N–H and O–H groups in total. The highest BCUT2D eigenvalue weighted by atomic mass is 16.6. The largest absolute Gasteiger partial charge is 0.462 e. The van der Waals surface area contributed by atoms with Crippen molar-refractivity contribution in [1.82, 2.24) is 0 Å². The topological polar surface area (TPSA) is 78.9 Å². The van der Waals surface area contributed by atoms with Gasteiger partial charge < -0.3 is 14.2 Å². The van der Waals surface area contributed by atoms with E-state index in [0.717, 1.165) is 96.3 Å². The maximum Gasteiger partial charge on any atom is 0.306 e. The Kier molecular flexibility index (Phi) is 56.3. The molecular formula is C65H112O6. The fourth-order valence-electron chi connectivity index (χ4n) is 8.39. The van der Waals surface area contributed by atoms with Crippen LogP contribution in [0.3, 0.4) is 0 Å². The fraction of sp³-hybridized carbons (Fsp3) is 0.738. The van der Waals surface area contributed by atoms with Crippen molar-refractivity contribution in [3.63, 3.8) is 0 Å². The molecule has 1 atom stereocenters. The van der Waals surface area contributed by atoms with E-state index in [0.29, 0.717) is 19.3 Å². The molecule has 0 saturated heterocycles. The fourth-order valence-corrected chi connectivity index (χ4v) is 8.39. The molecule has 0 aromatic carbocycles. The van der Waals surface area contributed by atoms with E-state index in [-0.39, 0.29) is 37.5 Å². The van der Waals surface area contributed by atoms with E-state index in [1.54, 1.807) is 0 Å². The first-order chi connectivity index (χ1) is 35.0. The van der Waals surface area contributed by atoms with Gasteiger partial charge in [0.15, 0.2) is 6.10 Å². The monoisotopic (exact) mass is 989 g/mol. The van der Waals surface area contributed by atoms with Gasteiger partial charge in [0.1, 0.15) is 13.2 Å². The van der Waals surface area contributed by atoms with Gasteiger partial charge in [0.05, 0.1) is 0 Å². The van der Waals surface area contributed by atoms with E-state index < -0.39 is 6.10 Å². The van der Waals surface area contributed by atoms with Crippen LogP contribution in [0.4, 0.5) is 0 Å². The minimum Gasteiger partial charge on any atom is -0.462 e. The van der Waals surface area contributed by atoms with Crippen LogP contribution in [-0.2, 0) is 28.6 Å². The van der Waals surface area contributed by atoms with Gasteiger partial charge in [-0.25, -0.2) is 0 Å². The average molecular weight is 990 g/mol. The average Bonchev–Trinajstić information content (AvgIpc) is 3.37. The van der Waals surface area contributed by atoms with E-state index >= 15 is 0 Å². The Morgan fingerprint density at radius 2 is 0.563 bits per heavy atom. The van der Waals surface area contributed by atoms with E-state index in [9.17, 15) is 14.4 Å². The Morgan fingerprint density at radius 1 is 0.296 bits per heavy atom. The molecule has 0 aromatic rings. The lowest BCUT2D eigenvalue weighted by Crippen LogP contribution is -2.30. The van der Waals surface area contributed by atoms with Crippen LogP contribution in [0, 0.1) is 0 Å². The summed E-state index contributed by atoms with van der Waals surface area (Å²) in [7, 11) is 0. The van der Waals surface area contributed by atoms with Crippen molar-refractivity contribution in [3.8, 4) is 0 Å². The Hall–Kier alpha value is -3.41. The number of ether oxygens (including phenoxy) is 3. The summed E-state index contributed by atoms with van der Waals surface area (Å²) in [6.45, 7) is 6.49. The maximum absolute atomic E-state index is 12.9. The molecule has 0 amide bonds. The number of hydrogen-bond acceptors (Lipinski definition) is 6. The normalized spacial score (nSPS) is 12.7. The zero-order valence-corrected chi connectivity index (χ0v) is 46.7. The summed E-state index contributed by atoms with van der Waals surface area (Å²) in [4.78, 5) is 38.2. The summed E-state index contributed by atoms with van der Waals surface area (Å²) < 4.78 is 16.8. The molecule has 1 unspecified atom stereocenters. The minimum absolute atomic E-state index is 0.0990. The molecule has 71 heavy (non-hydrogen) atoms. The van der Waals surface area contributed by atoms with Gasteiger partial charge in [-0.1, -0.05) is 266 Å². The van der Waals surface area contributed by atoms with Gasteiger partial charge in [0.25, 0.3) is 0 Å². The molecule has 0 bridgehead atoms. The number of rotatable bonds is 54. The lowest BCUT2D eigenvalue weighted by molar-refractivity contribution is -0.167. The van der Waals surface area contributed by atoms with E-state index in [1.807, 2.05) is 0 Å². The molecule has 0 heterocycles. The second kappa shape index (κ2) is 59.2. The van der Waals surface area contributed by atoms with Crippen LogP contribution in [0.15, 0.2) is 85.1 Å². The highest BCUT2D eigenvalue weighted by Crippen LogP contribution is 2.16. The SMILES string of the molecule is CC/C=C\C/C=C\C/C=C\C/C=C\CCCCCCCCC(=O)OCC(COC(=O)CCCCCCCCCCCCCCCCCCC)OC(=O)CCC/C=C\C/C=C\C/C=C\CCCCCCCC. The summed E-state index contributed by atoms with van der Waals surface area (Å²) in [6, 6.07) is 0. The smallest absolute Gasteiger partial charge is 0.306 e. The van der Waals surface area contributed by atoms with Crippen LogP contribution in [0.2, 0.25) is 0 Å². The highest BCUT2D eigenvalue weighted by molar-refractivity contribution is 5.71. The zero-order valence-electron chi connectivity index (χ0n) is 46.7. The second-order valence-corrected chi connectivity index (χ2v) is 19.9. The molecule has 6 heteroatoms. The first-order valence-electron chi connectivity index (χ1n) is 30.1. The van der Waals surface area contributed by atoms with Gasteiger partial charge in [-0.2, -0.15) is 0 Å². The first-order valence-corrected chi connectivity index (χ1v) is 30.1.